The Hall–Kier alpha value is -4.64. The van der Waals surface area contributed by atoms with Crippen LogP contribution in [-0.2, 0) is 44.0 Å². The first-order chi connectivity index (χ1) is 20.0. The smallest absolute Gasteiger partial charge is 0.357 e. The van der Waals surface area contributed by atoms with Gasteiger partial charge in [-0.1, -0.05) is 29.3 Å². The average Bonchev–Trinajstić information content (AvgIpc) is 3.62. The maximum absolute atomic E-state index is 14.5. The van der Waals surface area contributed by atoms with E-state index in [1.807, 2.05) is 0 Å². The molecule has 5 rings (SSSR count). The zero-order valence-corrected chi connectivity index (χ0v) is 24.6. The minimum Gasteiger partial charge on any atom is -0.467 e. The number of benzene rings is 1. The lowest BCUT2D eigenvalue weighted by Gasteiger charge is -2.40. The summed E-state index contributed by atoms with van der Waals surface area (Å²) in [6.45, 7) is 4.65. The van der Waals surface area contributed by atoms with Crippen molar-refractivity contribution in [3.63, 3.8) is 0 Å². The van der Waals surface area contributed by atoms with Gasteiger partial charge in [0.15, 0.2) is 16.4 Å². The Kier molecular flexibility index (Phi) is 7.10. The molecule has 1 aromatic carbocycles. The van der Waals surface area contributed by atoms with Gasteiger partial charge in [-0.05, 0) is 38.8 Å². The minimum absolute atomic E-state index is 0.00400. The standard InChI is InChI=1S/C28H28N4O9S/c1-7-8-13-31-18-12-10-9-11-17(18)28-14-19(24(33)38-4)32(42(36,37)22-15(2)30-41-16(22)3)27(28)29-21(26(35)40-6)20(23(28)31)25(34)39-5/h9-12,19,23H,13-14H2,1-6H3/t19-,23-,28-/m0/s1. The van der Waals surface area contributed by atoms with Crippen molar-refractivity contribution < 1.29 is 41.5 Å². The van der Waals surface area contributed by atoms with Crippen LogP contribution < -0.4 is 4.90 Å². The first-order valence-electron chi connectivity index (χ1n) is 12.8. The van der Waals surface area contributed by atoms with Gasteiger partial charge in [-0.25, -0.2) is 32.1 Å². The molecule has 4 heterocycles. The topological polar surface area (TPSA) is 158 Å². The molecule has 1 saturated heterocycles. The zero-order valence-electron chi connectivity index (χ0n) is 23.7. The van der Waals surface area contributed by atoms with E-state index in [0.717, 1.165) is 25.6 Å². The lowest BCUT2D eigenvalue weighted by atomic mass is 9.69. The first-order valence-corrected chi connectivity index (χ1v) is 14.3. The van der Waals surface area contributed by atoms with Crippen molar-refractivity contribution in [3.8, 4) is 11.8 Å². The number of sulfonamides is 1. The number of aryl methyl sites for hydroxylation is 2. The molecule has 0 radical (unpaired) electrons. The molecule has 0 unspecified atom stereocenters. The van der Waals surface area contributed by atoms with Gasteiger partial charge in [0.25, 0.3) is 10.0 Å². The molecule has 0 N–H and O–H groups in total. The fourth-order valence-corrected chi connectivity index (χ4v) is 8.17. The predicted octanol–water partition coefficient (Wildman–Crippen LogP) is 1.39. The fraction of sp³-hybridized carbons (Fsp3) is 0.393. The summed E-state index contributed by atoms with van der Waals surface area (Å²) in [5, 5.41) is 3.79. The Labute approximate surface area is 242 Å². The number of para-hydroxylation sites is 1. The zero-order chi connectivity index (χ0) is 30.6. The van der Waals surface area contributed by atoms with Crippen LogP contribution in [0.2, 0.25) is 0 Å². The molecule has 13 nitrogen and oxygen atoms in total. The SMILES string of the molecule is CC#CCN1c2ccccc2[C@]23C[C@@H](C(=O)OC)N(S(=O)(=O)c4c(C)noc4C)C2=NC(C(=O)OC)=C(C(=O)OC)[C@H]13. The molecule has 0 bridgehead atoms. The summed E-state index contributed by atoms with van der Waals surface area (Å²) in [5.41, 5.74) is -0.768. The van der Waals surface area contributed by atoms with E-state index in [9.17, 15) is 22.8 Å². The van der Waals surface area contributed by atoms with Gasteiger partial charge in [-0.15, -0.1) is 5.92 Å². The maximum atomic E-state index is 14.5. The molecule has 2 aromatic rings. The lowest BCUT2D eigenvalue weighted by molar-refractivity contribution is -0.144. The van der Waals surface area contributed by atoms with E-state index in [2.05, 4.69) is 22.0 Å². The highest BCUT2D eigenvalue weighted by atomic mass is 32.2. The molecule has 3 atom stereocenters. The highest BCUT2D eigenvalue weighted by molar-refractivity contribution is 7.89. The minimum atomic E-state index is -4.60. The monoisotopic (exact) mass is 596 g/mol. The molecule has 42 heavy (non-hydrogen) atoms. The highest BCUT2D eigenvalue weighted by Crippen LogP contribution is 2.58. The second kappa shape index (κ2) is 10.3. The highest BCUT2D eigenvalue weighted by Gasteiger charge is 2.69. The number of carbonyl (C=O) groups excluding carboxylic acids is 3. The summed E-state index contributed by atoms with van der Waals surface area (Å²) < 4.78 is 50.2. The van der Waals surface area contributed by atoms with Crippen molar-refractivity contribution >= 4 is 39.5 Å². The van der Waals surface area contributed by atoms with Crippen molar-refractivity contribution in [2.75, 3.05) is 32.8 Å². The Morgan fingerprint density at radius 2 is 1.79 bits per heavy atom. The summed E-state index contributed by atoms with van der Waals surface area (Å²) in [4.78, 5) is 46.1. The number of nitrogens with zero attached hydrogens (tertiary/aromatic N) is 4. The third-order valence-corrected chi connectivity index (χ3v) is 9.84. The van der Waals surface area contributed by atoms with E-state index in [1.54, 1.807) is 36.1 Å². The number of hydrogen-bond acceptors (Lipinski definition) is 12. The van der Waals surface area contributed by atoms with Crippen LogP contribution in [0.1, 0.15) is 30.4 Å². The third-order valence-electron chi connectivity index (χ3n) is 7.79. The third kappa shape index (κ3) is 3.83. The van der Waals surface area contributed by atoms with Crippen molar-refractivity contribution in [1.82, 2.24) is 9.46 Å². The molecular weight excluding hydrogens is 568 g/mol. The number of methoxy groups -OCH3 is 3. The van der Waals surface area contributed by atoms with E-state index in [4.69, 9.17) is 18.7 Å². The molecule has 1 spiro atoms. The first kappa shape index (κ1) is 28.9. The van der Waals surface area contributed by atoms with Gasteiger partial charge in [0, 0.05) is 5.69 Å². The molecule has 0 aliphatic carbocycles. The average molecular weight is 597 g/mol. The van der Waals surface area contributed by atoms with Gasteiger partial charge in [-0.2, -0.15) is 0 Å². The molecule has 3 aliphatic heterocycles. The summed E-state index contributed by atoms with van der Waals surface area (Å²) in [5.74, 6) is 2.95. The molecule has 220 valence electrons. The fourth-order valence-electron chi connectivity index (χ4n) is 6.24. The second-order valence-corrected chi connectivity index (χ2v) is 11.6. The summed E-state index contributed by atoms with van der Waals surface area (Å²) >= 11 is 0. The van der Waals surface area contributed by atoms with Crippen LogP contribution in [0.5, 0.6) is 0 Å². The van der Waals surface area contributed by atoms with E-state index >= 15 is 0 Å². The van der Waals surface area contributed by atoms with Crippen LogP contribution >= 0.6 is 0 Å². The Bertz CT molecular complexity index is 1730. The largest absolute Gasteiger partial charge is 0.467 e. The number of aliphatic imine (C=N–C) groups is 1. The van der Waals surface area contributed by atoms with Crippen LogP contribution in [0.25, 0.3) is 0 Å². The number of fused-ring (bicyclic) bond motifs is 1. The number of aromatic nitrogens is 1. The van der Waals surface area contributed by atoms with E-state index in [0.29, 0.717) is 11.3 Å². The van der Waals surface area contributed by atoms with Gasteiger partial charge in [0.1, 0.15) is 17.6 Å². The molecule has 3 aliphatic rings. The number of rotatable bonds is 6. The van der Waals surface area contributed by atoms with Gasteiger partial charge in [0.05, 0.1) is 44.9 Å². The molecule has 0 saturated carbocycles. The van der Waals surface area contributed by atoms with Gasteiger partial charge >= 0.3 is 17.9 Å². The van der Waals surface area contributed by atoms with Crippen LogP contribution in [0.15, 0.2) is 49.9 Å². The van der Waals surface area contributed by atoms with E-state index in [1.165, 1.54) is 13.8 Å². The number of esters is 3. The quantitative estimate of drug-likeness (QED) is 0.270. The number of carbonyl (C=O) groups is 3. The van der Waals surface area contributed by atoms with Gasteiger partial charge < -0.3 is 23.6 Å². The predicted molar refractivity (Wildman–Crippen MR) is 147 cm³/mol. The summed E-state index contributed by atoms with van der Waals surface area (Å²) in [6, 6.07) is 4.62. The van der Waals surface area contributed by atoms with E-state index < -0.39 is 51.1 Å². The molecule has 0 amide bonds. The number of anilines is 1. The van der Waals surface area contributed by atoms with Crippen molar-refractivity contribution in [3.05, 3.63) is 52.6 Å². The summed E-state index contributed by atoms with van der Waals surface area (Å²) in [6.07, 6.45) is -0.173. The van der Waals surface area contributed by atoms with Gasteiger partial charge in [0.2, 0.25) is 0 Å². The number of ether oxygens (including phenoxy) is 3. The van der Waals surface area contributed by atoms with Crippen molar-refractivity contribution in [1.29, 1.82) is 0 Å². The van der Waals surface area contributed by atoms with Crippen molar-refractivity contribution in [2.24, 2.45) is 4.99 Å². The second-order valence-electron chi connectivity index (χ2n) is 9.82. The van der Waals surface area contributed by atoms with Crippen LogP contribution in [0.3, 0.4) is 0 Å². The summed E-state index contributed by atoms with van der Waals surface area (Å²) in [7, 11) is -1.19. The Morgan fingerprint density at radius 1 is 1.10 bits per heavy atom. The van der Waals surface area contributed by atoms with E-state index in [-0.39, 0.29) is 40.7 Å². The molecular formula is C28H28N4O9S. The maximum Gasteiger partial charge on any atom is 0.357 e. The van der Waals surface area contributed by atoms with Gasteiger partial charge in [-0.3, -0.25) is 0 Å². The van der Waals surface area contributed by atoms with Crippen LogP contribution in [0.4, 0.5) is 5.69 Å². The molecule has 1 aromatic heterocycles. The number of amidine groups is 1. The van der Waals surface area contributed by atoms with Crippen LogP contribution in [0, 0.1) is 25.7 Å². The Morgan fingerprint density at radius 3 is 2.38 bits per heavy atom. The van der Waals surface area contributed by atoms with Crippen LogP contribution in [-0.4, -0.2) is 81.6 Å². The number of hydrogen-bond donors (Lipinski definition) is 0. The van der Waals surface area contributed by atoms with Crippen molar-refractivity contribution in [2.45, 2.75) is 49.6 Å². The molecule has 1 fully saturated rings. The molecule has 14 heteroatoms. The lowest BCUT2D eigenvalue weighted by Crippen LogP contribution is -2.56. The Balaban J connectivity index is 1.93. The normalized spacial score (nSPS) is 22.4.